The van der Waals surface area contributed by atoms with Gasteiger partial charge in [-0.15, -0.1) is 11.6 Å². The summed E-state index contributed by atoms with van der Waals surface area (Å²) in [6.07, 6.45) is 5.79. The smallest absolute Gasteiger partial charge is 0.109 e. The third-order valence-electron chi connectivity index (χ3n) is 2.17. The van der Waals surface area contributed by atoms with Gasteiger partial charge in [0, 0.05) is 37.8 Å². The van der Waals surface area contributed by atoms with Gasteiger partial charge in [-0.3, -0.25) is 0 Å². The molecule has 0 aromatic carbocycles. The maximum Gasteiger partial charge on any atom is 0.109 e. The van der Waals surface area contributed by atoms with Gasteiger partial charge in [0.15, 0.2) is 0 Å². The van der Waals surface area contributed by atoms with Crippen LogP contribution in [0, 0.1) is 0 Å². The van der Waals surface area contributed by atoms with Crippen LogP contribution < -0.4 is 5.32 Å². The van der Waals surface area contributed by atoms with Gasteiger partial charge in [0.25, 0.3) is 0 Å². The van der Waals surface area contributed by atoms with Crippen LogP contribution in [0.4, 0.5) is 0 Å². The zero-order chi connectivity index (χ0) is 10.4. The number of nitrogens with one attached hydrogen (secondary N) is 1. The first-order chi connectivity index (χ1) is 6.70. The molecule has 1 aromatic heterocycles. The van der Waals surface area contributed by atoms with E-state index in [-0.39, 0.29) is 5.38 Å². The Morgan fingerprint density at radius 1 is 1.57 bits per heavy atom. The molecule has 14 heavy (non-hydrogen) atoms. The van der Waals surface area contributed by atoms with Gasteiger partial charge in [-0.05, 0) is 19.9 Å². The molecule has 1 heterocycles. The van der Waals surface area contributed by atoms with Gasteiger partial charge in [0.05, 0.1) is 0 Å². The van der Waals surface area contributed by atoms with Crippen LogP contribution in [0.3, 0.4) is 0 Å². The molecule has 1 aromatic rings. The van der Waals surface area contributed by atoms with E-state index in [1.807, 2.05) is 30.9 Å². The number of halogens is 1. The minimum atomic E-state index is 0.260. The molecule has 0 aliphatic rings. The van der Waals surface area contributed by atoms with E-state index in [1.54, 1.807) is 0 Å². The van der Waals surface area contributed by atoms with Crippen molar-refractivity contribution in [1.82, 2.24) is 14.9 Å². The lowest BCUT2D eigenvalue weighted by molar-refractivity contribution is 0.625. The maximum atomic E-state index is 5.83. The summed E-state index contributed by atoms with van der Waals surface area (Å²) in [6, 6.07) is 0. The molecular formula is C10H18ClN3. The number of aryl methyl sites for hydroxylation is 1. The summed E-state index contributed by atoms with van der Waals surface area (Å²) >= 11 is 5.83. The lowest BCUT2D eigenvalue weighted by atomic mass is 10.3. The van der Waals surface area contributed by atoms with Gasteiger partial charge in [0.1, 0.15) is 5.82 Å². The van der Waals surface area contributed by atoms with Gasteiger partial charge in [0.2, 0.25) is 0 Å². The Bertz CT molecular complexity index is 258. The first-order valence-corrected chi connectivity index (χ1v) is 5.45. The fraction of sp³-hybridized carbons (Fsp3) is 0.700. The van der Waals surface area contributed by atoms with Crippen molar-refractivity contribution in [2.45, 2.75) is 25.1 Å². The summed E-state index contributed by atoms with van der Waals surface area (Å²) < 4.78 is 2.05. The standard InChI is InChI=1S/C10H18ClN3/c1-9(11)3-5-12-6-4-10-13-7-8-14(10)2/h7-9,12H,3-6H2,1-2H3. The van der Waals surface area contributed by atoms with Crippen LogP contribution in [0.5, 0.6) is 0 Å². The number of rotatable bonds is 6. The minimum Gasteiger partial charge on any atom is -0.338 e. The topological polar surface area (TPSA) is 29.9 Å². The highest BCUT2D eigenvalue weighted by Gasteiger charge is 1.98. The number of aromatic nitrogens is 2. The van der Waals surface area contributed by atoms with Crippen LogP contribution in [0.15, 0.2) is 12.4 Å². The van der Waals surface area contributed by atoms with Crippen molar-refractivity contribution in [2.24, 2.45) is 7.05 Å². The Morgan fingerprint density at radius 2 is 2.36 bits per heavy atom. The second-order valence-corrected chi connectivity index (χ2v) is 4.27. The summed E-state index contributed by atoms with van der Waals surface area (Å²) in [5.74, 6) is 1.12. The number of hydrogen-bond donors (Lipinski definition) is 1. The highest BCUT2D eigenvalue weighted by atomic mass is 35.5. The van der Waals surface area contributed by atoms with E-state index in [9.17, 15) is 0 Å². The van der Waals surface area contributed by atoms with Gasteiger partial charge >= 0.3 is 0 Å². The molecule has 0 aliphatic carbocycles. The Hall–Kier alpha value is -0.540. The molecule has 1 rings (SSSR count). The predicted molar refractivity (Wildman–Crippen MR) is 59.7 cm³/mol. The van der Waals surface area contributed by atoms with Crippen LogP contribution in [0.25, 0.3) is 0 Å². The summed E-state index contributed by atoms with van der Waals surface area (Å²) in [6.45, 7) is 3.96. The highest BCUT2D eigenvalue weighted by Crippen LogP contribution is 1.98. The maximum absolute atomic E-state index is 5.83. The van der Waals surface area contributed by atoms with E-state index in [4.69, 9.17) is 11.6 Å². The number of nitrogens with zero attached hydrogens (tertiary/aromatic N) is 2. The van der Waals surface area contributed by atoms with Crippen molar-refractivity contribution in [1.29, 1.82) is 0 Å². The highest BCUT2D eigenvalue weighted by molar-refractivity contribution is 6.20. The van der Waals surface area contributed by atoms with E-state index in [0.29, 0.717) is 0 Å². The van der Waals surface area contributed by atoms with Crippen molar-refractivity contribution >= 4 is 11.6 Å². The Balaban J connectivity index is 2.08. The molecular weight excluding hydrogens is 198 g/mol. The zero-order valence-electron chi connectivity index (χ0n) is 8.83. The van der Waals surface area contributed by atoms with E-state index in [1.165, 1.54) is 0 Å². The first kappa shape index (κ1) is 11.5. The monoisotopic (exact) mass is 215 g/mol. The Labute approximate surface area is 90.5 Å². The van der Waals surface area contributed by atoms with E-state index in [2.05, 4.69) is 10.3 Å². The lowest BCUT2D eigenvalue weighted by Crippen LogP contribution is -2.21. The Kier molecular flexibility index (Phi) is 4.98. The quantitative estimate of drug-likeness (QED) is 0.577. The Morgan fingerprint density at radius 3 is 2.93 bits per heavy atom. The van der Waals surface area contributed by atoms with Crippen molar-refractivity contribution in [2.75, 3.05) is 13.1 Å². The van der Waals surface area contributed by atoms with Crippen molar-refractivity contribution < 1.29 is 0 Å². The van der Waals surface area contributed by atoms with Crippen molar-refractivity contribution in [3.63, 3.8) is 0 Å². The normalized spacial score (nSPS) is 13.1. The summed E-state index contributed by atoms with van der Waals surface area (Å²) in [7, 11) is 2.02. The third kappa shape index (κ3) is 4.11. The van der Waals surface area contributed by atoms with Crippen LogP contribution >= 0.6 is 11.6 Å². The van der Waals surface area contributed by atoms with Crippen LogP contribution in [0.2, 0.25) is 0 Å². The second-order valence-electron chi connectivity index (χ2n) is 3.52. The molecule has 0 radical (unpaired) electrons. The fourth-order valence-corrected chi connectivity index (χ4v) is 1.37. The van der Waals surface area contributed by atoms with Crippen LogP contribution in [-0.2, 0) is 13.5 Å². The SMILES string of the molecule is CC(Cl)CCNCCc1nccn1C. The molecule has 1 unspecified atom stereocenters. The first-order valence-electron chi connectivity index (χ1n) is 5.01. The largest absolute Gasteiger partial charge is 0.338 e. The minimum absolute atomic E-state index is 0.260. The molecule has 80 valence electrons. The van der Waals surface area contributed by atoms with E-state index in [0.717, 1.165) is 31.8 Å². The third-order valence-corrected chi connectivity index (χ3v) is 2.38. The number of alkyl halides is 1. The molecule has 1 atom stereocenters. The molecule has 0 spiro atoms. The van der Waals surface area contributed by atoms with E-state index < -0.39 is 0 Å². The molecule has 0 bridgehead atoms. The lowest BCUT2D eigenvalue weighted by Gasteiger charge is -2.05. The average Bonchev–Trinajstić information content (AvgIpc) is 2.51. The van der Waals surface area contributed by atoms with Crippen LogP contribution in [0.1, 0.15) is 19.2 Å². The van der Waals surface area contributed by atoms with Crippen molar-refractivity contribution in [3.8, 4) is 0 Å². The van der Waals surface area contributed by atoms with Gasteiger partial charge in [-0.1, -0.05) is 0 Å². The van der Waals surface area contributed by atoms with Crippen molar-refractivity contribution in [3.05, 3.63) is 18.2 Å². The molecule has 3 nitrogen and oxygen atoms in total. The molecule has 0 aliphatic heterocycles. The van der Waals surface area contributed by atoms with Gasteiger partial charge in [-0.2, -0.15) is 0 Å². The van der Waals surface area contributed by atoms with Gasteiger partial charge in [-0.25, -0.2) is 4.98 Å². The van der Waals surface area contributed by atoms with E-state index >= 15 is 0 Å². The molecule has 4 heteroatoms. The summed E-state index contributed by atoms with van der Waals surface area (Å²) in [5, 5.41) is 3.60. The summed E-state index contributed by atoms with van der Waals surface area (Å²) in [4.78, 5) is 4.25. The average molecular weight is 216 g/mol. The molecule has 1 N–H and O–H groups in total. The number of imidazole rings is 1. The molecule has 0 amide bonds. The zero-order valence-corrected chi connectivity index (χ0v) is 9.59. The van der Waals surface area contributed by atoms with Gasteiger partial charge < -0.3 is 9.88 Å². The second kappa shape index (κ2) is 6.04. The number of hydrogen-bond acceptors (Lipinski definition) is 2. The predicted octanol–water partition coefficient (Wildman–Crippen LogP) is 1.57. The summed E-state index contributed by atoms with van der Waals surface area (Å²) in [5.41, 5.74) is 0. The fourth-order valence-electron chi connectivity index (χ4n) is 1.26. The molecule has 0 saturated heterocycles. The van der Waals surface area contributed by atoms with Crippen LogP contribution in [-0.4, -0.2) is 28.0 Å². The molecule has 0 fully saturated rings. The molecule has 0 saturated carbocycles.